The Balaban J connectivity index is 1.90. The van der Waals surface area contributed by atoms with Crippen molar-refractivity contribution in [2.45, 2.75) is 13.5 Å². The summed E-state index contributed by atoms with van der Waals surface area (Å²) in [6.45, 7) is 2.18. The summed E-state index contributed by atoms with van der Waals surface area (Å²) in [7, 11) is 0. The summed E-state index contributed by atoms with van der Waals surface area (Å²) < 4.78 is 7.49. The van der Waals surface area contributed by atoms with Crippen LogP contribution in [0.1, 0.15) is 11.6 Å². The summed E-state index contributed by atoms with van der Waals surface area (Å²) in [5.74, 6) is 2.22. The second-order valence-electron chi connectivity index (χ2n) is 4.04. The molecule has 19 heavy (non-hydrogen) atoms. The lowest BCUT2D eigenvalue weighted by Gasteiger charge is -2.06. The van der Waals surface area contributed by atoms with E-state index in [0.29, 0.717) is 23.2 Å². The Kier molecular flexibility index (Phi) is 3.05. The van der Waals surface area contributed by atoms with Gasteiger partial charge in [0.05, 0.1) is 0 Å². The van der Waals surface area contributed by atoms with Gasteiger partial charge in [0.25, 0.3) is 0 Å². The maximum Gasteiger partial charge on any atom is 0.176 e. The van der Waals surface area contributed by atoms with Gasteiger partial charge in [0, 0.05) is 6.07 Å². The highest BCUT2D eigenvalue weighted by atomic mass is 35.5. The monoisotopic (exact) mass is 274 g/mol. The molecule has 0 amide bonds. The fourth-order valence-electron chi connectivity index (χ4n) is 1.88. The largest absolute Gasteiger partial charge is 0.486 e. The molecule has 3 rings (SSSR count). The van der Waals surface area contributed by atoms with Crippen molar-refractivity contribution in [1.82, 2.24) is 19.6 Å². The molecule has 6 heteroatoms. The highest BCUT2D eigenvalue weighted by Crippen LogP contribution is 2.14. The predicted octanol–water partition coefficient (Wildman–Crippen LogP) is 2.67. The van der Waals surface area contributed by atoms with Gasteiger partial charge in [-0.25, -0.2) is 4.98 Å². The number of hydrogen-bond donors (Lipinski definition) is 0. The molecule has 0 saturated carbocycles. The highest BCUT2D eigenvalue weighted by molar-refractivity contribution is 6.29. The molecular weight excluding hydrogens is 264 g/mol. The first-order valence-corrected chi connectivity index (χ1v) is 6.17. The number of aromatic nitrogens is 4. The molecule has 0 N–H and O–H groups in total. The van der Waals surface area contributed by atoms with Crippen molar-refractivity contribution >= 4 is 17.2 Å². The molecule has 5 nitrogen and oxygen atoms in total. The van der Waals surface area contributed by atoms with Gasteiger partial charge in [-0.3, -0.25) is 4.40 Å². The minimum Gasteiger partial charge on any atom is -0.486 e. The third-order valence-electron chi connectivity index (χ3n) is 2.71. The highest BCUT2D eigenvalue weighted by Gasteiger charge is 2.10. The molecule has 0 fully saturated rings. The second kappa shape index (κ2) is 4.85. The Morgan fingerprint density at radius 3 is 2.79 bits per heavy atom. The lowest BCUT2D eigenvalue weighted by Crippen LogP contribution is -2.04. The molecule has 96 valence electrons. The summed E-state index contributed by atoms with van der Waals surface area (Å²) in [5.41, 5.74) is 0.671. The van der Waals surface area contributed by atoms with E-state index in [9.17, 15) is 0 Å². The van der Waals surface area contributed by atoms with Crippen molar-refractivity contribution in [1.29, 1.82) is 0 Å². The van der Waals surface area contributed by atoms with Gasteiger partial charge < -0.3 is 4.74 Å². The number of benzene rings is 1. The summed E-state index contributed by atoms with van der Waals surface area (Å²) >= 11 is 5.88. The molecule has 0 bridgehead atoms. The number of halogens is 1. The molecule has 0 unspecified atom stereocenters. The molecule has 0 aliphatic heterocycles. The Morgan fingerprint density at radius 1 is 1.21 bits per heavy atom. The number of hydrogen-bond acceptors (Lipinski definition) is 4. The van der Waals surface area contributed by atoms with Crippen molar-refractivity contribution in [2.75, 3.05) is 0 Å². The van der Waals surface area contributed by atoms with Crippen molar-refractivity contribution in [3.05, 3.63) is 53.2 Å². The smallest absolute Gasteiger partial charge is 0.176 e. The molecule has 2 heterocycles. The maximum atomic E-state index is 5.88. The van der Waals surface area contributed by atoms with Crippen LogP contribution in [0.2, 0.25) is 5.15 Å². The number of para-hydroxylation sites is 1. The van der Waals surface area contributed by atoms with Crippen molar-refractivity contribution < 1.29 is 4.74 Å². The lowest BCUT2D eigenvalue weighted by molar-refractivity contribution is 0.294. The van der Waals surface area contributed by atoms with E-state index in [1.165, 1.54) is 0 Å². The van der Waals surface area contributed by atoms with Gasteiger partial charge >= 0.3 is 0 Å². The first kappa shape index (κ1) is 11.9. The average Bonchev–Trinajstić information content (AvgIpc) is 2.81. The van der Waals surface area contributed by atoms with Crippen LogP contribution in [0.4, 0.5) is 0 Å². The molecule has 0 atom stereocenters. The van der Waals surface area contributed by atoms with Gasteiger partial charge in [0.15, 0.2) is 11.5 Å². The summed E-state index contributed by atoms with van der Waals surface area (Å²) in [4.78, 5) is 4.18. The van der Waals surface area contributed by atoms with E-state index in [1.54, 1.807) is 6.07 Å². The van der Waals surface area contributed by atoms with Gasteiger partial charge in [-0.2, -0.15) is 0 Å². The van der Waals surface area contributed by atoms with E-state index in [0.717, 1.165) is 11.6 Å². The fraction of sp³-hybridized carbons (Fsp3) is 0.154. The minimum atomic E-state index is 0.329. The van der Waals surface area contributed by atoms with Crippen LogP contribution in [0.15, 0.2) is 36.4 Å². The van der Waals surface area contributed by atoms with Crippen LogP contribution in [-0.2, 0) is 6.61 Å². The maximum absolute atomic E-state index is 5.88. The molecule has 1 aromatic carbocycles. The van der Waals surface area contributed by atoms with Crippen LogP contribution < -0.4 is 4.74 Å². The zero-order chi connectivity index (χ0) is 13.2. The van der Waals surface area contributed by atoms with E-state index in [-0.39, 0.29) is 0 Å². The quantitative estimate of drug-likeness (QED) is 0.689. The molecule has 0 radical (unpaired) electrons. The van der Waals surface area contributed by atoms with Crippen molar-refractivity contribution in [2.24, 2.45) is 0 Å². The fourth-order valence-corrected chi connectivity index (χ4v) is 2.10. The molecule has 0 aliphatic carbocycles. The van der Waals surface area contributed by atoms with Gasteiger partial charge in [-0.1, -0.05) is 29.8 Å². The Morgan fingerprint density at radius 2 is 2.00 bits per heavy atom. The van der Waals surface area contributed by atoms with Crippen LogP contribution in [-0.4, -0.2) is 19.6 Å². The van der Waals surface area contributed by atoms with Gasteiger partial charge in [-0.15, -0.1) is 10.2 Å². The first-order chi connectivity index (χ1) is 9.24. The van der Waals surface area contributed by atoms with Crippen molar-refractivity contribution in [3.8, 4) is 5.75 Å². The Bertz CT molecular complexity index is 711. The summed E-state index contributed by atoms with van der Waals surface area (Å²) in [6, 6.07) is 11.2. The van der Waals surface area contributed by atoms with Gasteiger partial charge in [0.2, 0.25) is 0 Å². The second-order valence-corrected chi connectivity index (χ2v) is 4.42. The van der Waals surface area contributed by atoms with Crippen LogP contribution in [0.25, 0.3) is 5.65 Å². The van der Waals surface area contributed by atoms with E-state index in [1.807, 2.05) is 41.7 Å². The number of fused-ring (bicyclic) bond motifs is 1. The van der Waals surface area contributed by atoms with E-state index in [4.69, 9.17) is 16.3 Å². The number of nitrogens with zero attached hydrogens (tertiary/aromatic N) is 4. The number of aryl methyl sites for hydroxylation is 1. The zero-order valence-electron chi connectivity index (χ0n) is 10.2. The lowest BCUT2D eigenvalue weighted by atomic mass is 10.3. The summed E-state index contributed by atoms with van der Waals surface area (Å²) in [6.07, 6.45) is 0. The number of ether oxygens (including phenoxy) is 1. The van der Waals surface area contributed by atoms with Gasteiger partial charge in [0.1, 0.15) is 23.3 Å². The van der Waals surface area contributed by atoms with Crippen LogP contribution in [0.3, 0.4) is 0 Å². The average molecular weight is 275 g/mol. The molecular formula is C13H11ClN4O. The molecule has 0 aliphatic rings. The van der Waals surface area contributed by atoms with E-state index in [2.05, 4.69) is 15.2 Å². The van der Waals surface area contributed by atoms with E-state index < -0.39 is 0 Å². The molecule has 3 aromatic rings. The molecule has 2 aromatic heterocycles. The Labute approximate surface area is 114 Å². The topological polar surface area (TPSA) is 52.3 Å². The molecule has 0 spiro atoms. The van der Waals surface area contributed by atoms with Crippen LogP contribution in [0.5, 0.6) is 5.75 Å². The number of rotatable bonds is 3. The third-order valence-corrected chi connectivity index (χ3v) is 2.90. The van der Waals surface area contributed by atoms with E-state index >= 15 is 0 Å². The predicted molar refractivity (Wildman–Crippen MR) is 71.3 cm³/mol. The van der Waals surface area contributed by atoms with Crippen LogP contribution in [0, 0.1) is 6.92 Å². The summed E-state index contributed by atoms with van der Waals surface area (Å²) in [5, 5.41) is 8.57. The van der Waals surface area contributed by atoms with Gasteiger partial charge in [-0.05, 0) is 19.1 Å². The Hall–Kier alpha value is -2.14. The first-order valence-electron chi connectivity index (χ1n) is 5.79. The molecule has 0 saturated heterocycles. The zero-order valence-corrected chi connectivity index (χ0v) is 11.0. The normalized spacial score (nSPS) is 10.8. The third kappa shape index (κ3) is 2.37. The SMILES string of the molecule is Cc1nc(Cl)cc2nnc(COc3ccccc3)n12. The van der Waals surface area contributed by atoms with Crippen LogP contribution >= 0.6 is 11.6 Å². The van der Waals surface area contributed by atoms with Crippen molar-refractivity contribution in [3.63, 3.8) is 0 Å². The minimum absolute atomic E-state index is 0.329. The standard InChI is InChI=1S/C13H11ClN4O/c1-9-15-11(14)7-12-16-17-13(18(9)12)8-19-10-5-3-2-4-6-10/h2-7H,8H2,1H3.